The van der Waals surface area contributed by atoms with Crippen LogP contribution in [0.15, 0.2) is 85.7 Å². The molecule has 35 heavy (non-hydrogen) atoms. The van der Waals surface area contributed by atoms with Crippen LogP contribution in [0.5, 0.6) is 0 Å². The van der Waals surface area contributed by atoms with E-state index in [1.165, 1.54) is 11.1 Å². The van der Waals surface area contributed by atoms with Gasteiger partial charge in [-0.25, -0.2) is 9.97 Å². The molecule has 0 saturated heterocycles. The van der Waals surface area contributed by atoms with Crippen molar-refractivity contribution in [3.8, 4) is 0 Å². The number of ether oxygens (including phenoxy) is 1. The maximum atomic E-state index is 6.14. The minimum absolute atomic E-state index is 0.429. The summed E-state index contributed by atoms with van der Waals surface area (Å²) in [4.78, 5) is 15.3. The third-order valence-electron chi connectivity index (χ3n) is 6.82. The predicted octanol–water partition coefficient (Wildman–Crippen LogP) is 6.84. The van der Waals surface area contributed by atoms with Crippen LogP contribution in [-0.2, 0) is 17.6 Å². The lowest BCUT2D eigenvalue weighted by molar-refractivity contribution is 0.117. The minimum atomic E-state index is 0.429. The Hall–Kier alpha value is -3.18. The number of imidazole rings is 2. The highest BCUT2D eigenvalue weighted by molar-refractivity contribution is 5.15. The third kappa shape index (κ3) is 8.52. The Bertz CT molecular complexity index is 947. The number of nitrogens with zero attached hydrogens (tertiary/aromatic N) is 2. The molecule has 2 aromatic carbocycles. The highest BCUT2D eigenvalue weighted by atomic mass is 16.5. The second kappa shape index (κ2) is 14.3. The van der Waals surface area contributed by atoms with Gasteiger partial charge >= 0.3 is 0 Å². The summed E-state index contributed by atoms with van der Waals surface area (Å²) in [6.45, 7) is 1.53. The number of aryl methyl sites for hydroxylation is 2. The quantitative estimate of drug-likeness (QED) is 0.176. The molecule has 0 aliphatic heterocycles. The molecule has 2 atom stereocenters. The molecule has 0 fully saturated rings. The number of aromatic amines is 2. The first-order chi connectivity index (χ1) is 17.4. The van der Waals surface area contributed by atoms with Crippen LogP contribution >= 0.6 is 0 Å². The molecular weight excluding hydrogens is 432 g/mol. The molecule has 0 aliphatic carbocycles. The first-order valence-electron chi connectivity index (χ1n) is 13.0. The van der Waals surface area contributed by atoms with E-state index >= 15 is 0 Å². The molecule has 2 heterocycles. The summed E-state index contributed by atoms with van der Waals surface area (Å²) in [7, 11) is 0. The molecule has 184 valence electrons. The van der Waals surface area contributed by atoms with Crippen molar-refractivity contribution >= 4 is 0 Å². The van der Waals surface area contributed by atoms with E-state index in [1.807, 2.05) is 12.4 Å². The van der Waals surface area contributed by atoms with E-state index in [2.05, 4.69) is 80.6 Å². The molecule has 2 aromatic heterocycles. The van der Waals surface area contributed by atoms with Crippen molar-refractivity contribution in [2.45, 2.75) is 63.2 Å². The maximum absolute atomic E-state index is 6.14. The van der Waals surface area contributed by atoms with Crippen LogP contribution in [0.25, 0.3) is 0 Å². The Labute approximate surface area is 209 Å². The number of hydrogen-bond donors (Lipinski definition) is 2. The van der Waals surface area contributed by atoms with E-state index in [9.17, 15) is 0 Å². The van der Waals surface area contributed by atoms with Crippen LogP contribution in [-0.4, -0.2) is 33.1 Å². The summed E-state index contributed by atoms with van der Waals surface area (Å²) >= 11 is 0. The zero-order valence-corrected chi connectivity index (χ0v) is 20.6. The average molecular weight is 471 g/mol. The Kier molecular flexibility index (Phi) is 10.2. The highest BCUT2D eigenvalue weighted by Gasteiger charge is 2.16. The van der Waals surface area contributed by atoms with Crippen molar-refractivity contribution in [1.29, 1.82) is 0 Å². The molecular formula is C30H38N4O. The van der Waals surface area contributed by atoms with E-state index in [1.54, 1.807) is 12.7 Å². The molecule has 4 rings (SSSR count). The van der Waals surface area contributed by atoms with Crippen molar-refractivity contribution in [2.24, 2.45) is 0 Å². The van der Waals surface area contributed by atoms with Crippen LogP contribution < -0.4 is 0 Å². The number of hydrogen-bond acceptors (Lipinski definition) is 3. The van der Waals surface area contributed by atoms with Gasteiger partial charge < -0.3 is 14.7 Å². The molecule has 0 bridgehead atoms. The Morgan fingerprint density at radius 2 is 1.06 bits per heavy atom. The lowest BCUT2D eigenvalue weighted by Gasteiger charge is -2.17. The third-order valence-corrected chi connectivity index (χ3v) is 6.82. The van der Waals surface area contributed by atoms with Gasteiger partial charge in [0, 0.05) is 37.4 Å². The Balaban J connectivity index is 1.19. The first-order valence-corrected chi connectivity index (χ1v) is 13.0. The summed E-state index contributed by atoms with van der Waals surface area (Å²) in [5.74, 6) is 0.857. The smallest absolute Gasteiger partial charge is 0.0923 e. The van der Waals surface area contributed by atoms with Gasteiger partial charge in [-0.2, -0.15) is 0 Å². The lowest BCUT2D eigenvalue weighted by Crippen LogP contribution is -2.09. The molecule has 0 aliphatic rings. The molecule has 2 N–H and O–H groups in total. The maximum Gasteiger partial charge on any atom is 0.0923 e. The zero-order valence-electron chi connectivity index (χ0n) is 20.6. The van der Waals surface area contributed by atoms with Crippen molar-refractivity contribution in [1.82, 2.24) is 19.9 Å². The number of H-pyrrole nitrogens is 2. The monoisotopic (exact) mass is 470 g/mol. The van der Waals surface area contributed by atoms with Gasteiger partial charge in [0.05, 0.1) is 24.0 Å². The van der Waals surface area contributed by atoms with Gasteiger partial charge in [0.1, 0.15) is 0 Å². The van der Waals surface area contributed by atoms with Gasteiger partial charge in [-0.15, -0.1) is 0 Å². The molecule has 0 spiro atoms. The summed E-state index contributed by atoms with van der Waals surface area (Å²) in [6, 6.07) is 21.5. The molecule has 0 amide bonds. The zero-order chi connectivity index (χ0) is 24.0. The molecule has 0 radical (unpaired) electrons. The van der Waals surface area contributed by atoms with Crippen molar-refractivity contribution in [3.63, 3.8) is 0 Å². The summed E-state index contributed by atoms with van der Waals surface area (Å²) < 4.78 is 6.14. The topological polar surface area (TPSA) is 66.6 Å². The van der Waals surface area contributed by atoms with Crippen LogP contribution in [0, 0.1) is 0 Å². The molecule has 5 nitrogen and oxygen atoms in total. The number of benzene rings is 2. The van der Waals surface area contributed by atoms with Crippen LogP contribution in [0.2, 0.25) is 0 Å². The summed E-state index contributed by atoms with van der Waals surface area (Å²) in [5, 5.41) is 0. The molecule has 5 heteroatoms. The molecule has 2 unspecified atom stereocenters. The molecule has 4 aromatic rings. The van der Waals surface area contributed by atoms with E-state index in [-0.39, 0.29) is 0 Å². The number of nitrogens with one attached hydrogen (secondary N) is 2. The van der Waals surface area contributed by atoms with E-state index in [4.69, 9.17) is 4.74 Å². The highest BCUT2D eigenvalue weighted by Crippen LogP contribution is 2.26. The fourth-order valence-electron chi connectivity index (χ4n) is 4.82. The van der Waals surface area contributed by atoms with Crippen molar-refractivity contribution in [3.05, 3.63) is 108 Å². The van der Waals surface area contributed by atoms with E-state index in [0.717, 1.165) is 76.0 Å². The molecule has 0 saturated carbocycles. The first kappa shape index (κ1) is 24.9. The summed E-state index contributed by atoms with van der Waals surface area (Å²) in [5.41, 5.74) is 5.11. The van der Waals surface area contributed by atoms with E-state index in [0.29, 0.717) is 11.8 Å². The Morgan fingerprint density at radius 1 is 0.600 bits per heavy atom. The lowest BCUT2D eigenvalue weighted by atomic mass is 9.94. The fourth-order valence-corrected chi connectivity index (χ4v) is 4.82. The number of rotatable bonds is 16. The van der Waals surface area contributed by atoms with Gasteiger partial charge in [-0.3, -0.25) is 0 Å². The van der Waals surface area contributed by atoms with Crippen molar-refractivity contribution in [2.75, 3.05) is 13.2 Å². The van der Waals surface area contributed by atoms with Gasteiger partial charge in [-0.1, -0.05) is 60.7 Å². The van der Waals surface area contributed by atoms with Gasteiger partial charge in [0.15, 0.2) is 0 Å². The van der Waals surface area contributed by atoms with E-state index < -0.39 is 0 Å². The predicted molar refractivity (Wildman–Crippen MR) is 141 cm³/mol. The van der Waals surface area contributed by atoms with Crippen LogP contribution in [0.1, 0.15) is 72.9 Å². The summed E-state index contributed by atoms with van der Waals surface area (Å²) in [6.07, 6.45) is 16.4. The van der Waals surface area contributed by atoms with Crippen LogP contribution in [0.3, 0.4) is 0 Å². The Morgan fingerprint density at radius 3 is 1.46 bits per heavy atom. The average Bonchev–Trinajstić information content (AvgIpc) is 3.63. The minimum Gasteiger partial charge on any atom is -0.381 e. The van der Waals surface area contributed by atoms with Gasteiger partial charge in [-0.05, 0) is 62.5 Å². The van der Waals surface area contributed by atoms with Gasteiger partial charge in [0.25, 0.3) is 0 Å². The standard InChI is InChI=1S/C30H38N4O/c1-3-9-25(10-4-1)13-7-15-27(29-21-31-23-33-29)17-19-35-20-18-28(30-22-32-24-34-30)16-8-14-26-11-5-2-6-12-26/h1-6,9-12,21-24,27-28H,7-8,13-20H2,(H,31,33)(H,32,34). The SMILES string of the molecule is c1ccc(CCCC(CCOCCC(CCCc2ccccc2)c2c[nH]cn2)c2c[nH]cn2)cc1. The normalized spacial score (nSPS) is 13.0. The second-order valence-electron chi connectivity index (χ2n) is 9.33. The second-order valence-corrected chi connectivity index (χ2v) is 9.33. The largest absolute Gasteiger partial charge is 0.381 e. The number of aromatic nitrogens is 4. The van der Waals surface area contributed by atoms with Crippen LogP contribution in [0.4, 0.5) is 0 Å². The fraction of sp³-hybridized carbons (Fsp3) is 0.400. The van der Waals surface area contributed by atoms with Crippen molar-refractivity contribution < 1.29 is 4.74 Å². The van der Waals surface area contributed by atoms with Gasteiger partial charge in [0.2, 0.25) is 0 Å².